The molecule has 2 aromatic rings. The number of rotatable bonds is 3. The van der Waals surface area contributed by atoms with Crippen LogP contribution in [0.4, 0.5) is 5.13 Å². The highest BCUT2D eigenvalue weighted by Crippen LogP contribution is 2.23. The van der Waals surface area contributed by atoms with Crippen LogP contribution in [0.15, 0.2) is 35.8 Å². The fourth-order valence-corrected chi connectivity index (χ4v) is 3.67. The number of piperidine rings is 1. The van der Waals surface area contributed by atoms with Crippen molar-refractivity contribution in [3.05, 3.63) is 47.0 Å². The topological polar surface area (TPSA) is 45.2 Å². The summed E-state index contributed by atoms with van der Waals surface area (Å²) in [6, 6.07) is 8.22. The van der Waals surface area contributed by atoms with E-state index in [0.29, 0.717) is 0 Å². The number of aromatic nitrogens is 1. The summed E-state index contributed by atoms with van der Waals surface area (Å²) in [5.74, 6) is 0.0307. The first kappa shape index (κ1) is 17.0. The van der Waals surface area contributed by atoms with Gasteiger partial charge in [-0.15, -0.1) is 11.3 Å². The second kappa shape index (κ2) is 6.93. The maximum absolute atomic E-state index is 12.4. The normalized spacial score (nSPS) is 16.2. The zero-order chi connectivity index (χ0) is 17.2. The molecule has 0 unspecified atom stereocenters. The van der Waals surface area contributed by atoms with E-state index in [4.69, 9.17) is 0 Å². The van der Waals surface area contributed by atoms with Crippen LogP contribution in [0.1, 0.15) is 49.5 Å². The van der Waals surface area contributed by atoms with Crippen molar-refractivity contribution >= 4 is 22.4 Å². The van der Waals surface area contributed by atoms with E-state index in [-0.39, 0.29) is 17.4 Å². The van der Waals surface area contributed by atoms with Gasteiger partial charge in [0.1, 0.15) is 0 Å². The summed E-state index contributed by atoms with van der Waals surface area (Å²) in [6.45, 7) is 8.43. The Morgan fingerprint density at radius 3 is 2.42 bits per heavy atom. The van der Waals surface area contributed by atoms with Crippen molar-refractivity contribution in [2.75, 3.05) is 18.0 Å². The molecule has 1 fully saturated rings. The van der Waals surface area contributed by atoms with Gasteiger partial charge in [0.15, 0.2) is 5.13 Å². The highest BCUT2D eigenvalue weighted by molar-refractivity contribution is 7.13. The Bertz CT molecular complexity index is 666. The van der Waals surface area contributed by atoms with Gasteiger partial charge in [0.25, 0.3) is 5.91 Å². The predicted molar refractivity (Wildman–Crippen MR) is 100.0 cm³/mol. The number of carbonyl (C=O) groups excluding carboxylic acids is 1. The first-order valence-electron chi connectivity index (χ1n) is 8.49. The van der Waals surface area contributed by atoms with Crippen LogP contribution in [0.3, 0.4) is 0 Å². The van der Waals surface area contributed by atoms with Crippen molar-refractivity contribution in [3.63, 3.8) is 0 Å². The Balaban J connectivity index is 1.54. The van der Waals surface area contributed by atoms with Gasteiger partial charge in [0.05, 0.1) is 0 Å². The highest BCUT2D eigenvalue weighted by Gasteiger charge is 2.22. The summed E-state index contributed by atoms with van der Waals surface area (Å²) >= 11 is 1.67. The lowest BCUT2D eigenvalue weighted by molar-refractivity contribution is 0.0931. The monoisotopic (exact) mass is 343 g/mol. The molecule has 0 radical (unpaired) electrons. The van der Waals surface area contributed by atoms with Crippen LogP contribution < -0.4 is 10.2 Å². The third kappa shape index (κ3) is 3.96. The molecule has 24 heavy (non-hydrogen) atoms. The molecule has 4 nitrogen and oxygen atoms in total. The molecular formula is C19H25N3OS. The zero-order valence-corrected chi connectivity index (χ0v) is 15.4. The van der Waals surface area contributed by atoms with Gasteiger partial charge in [-0.2, -0.15) is 0 Å². The molecule has 1 aliphatic rings. The second-order valence-electron chi connectivity index (χ2n) is 7.38. The molecule has 0 bridgehead atoms. The van der Waals surface area contributed by atoms with Crippen LogP contribution in [-0.2, 0) is 5.41 Å². The molecule has 0 spiro atoms. The van der Waals surface area contributed by atoms with Crippen molar-refractivity contribution in [2.24, 2.45) is 0 Å². The van der Waals surface area contributed by atoms with Gasteiger partial charge in [-0.25, -0.2) is 4.98 Å². The SMILES string of the molecule is CC(C)(C)c1ccc(C(=O)NC2CCN(c3nccs3)CC2)cc1. The smallest absolute Gasteiger partial charge is 0.251 e. The number of benzene rings is 1. The van der Waals surface area contributed by atoms with E-state index in [1.165, 1.54) is 5.56 Å². The second-order valence-corrected chi connectivity index (χ2v) is 8.25. The van der Waals surface area contributed by atoms with Crippen molar-refractivity contribution in [1.29, 1.82) is 0 Å². The lowest BCUT2D eigenvalue weighted by Crippen LogP contribution is -2.44. The third-order valence-electron chi connectivity index (χ3n) is 4.53. The summed E-state index contributed by atoms with van der Waals surface area (Å²) in [4.78, 5) is 19.1. The van der Waals surface area contributed by atoms with E-state index >= 15 is 0 Å². The number of nitrogens with one attached hydrogen (secondary N) is 1. The molecule has 1 N–H and O–H groups in total. The number of hydrogen-bond acceptors (Lipinski definition) is 4. The number of carbonyl (C=O) groups is 1. The molecule has 0 atom stereocenters. The first-order chi connectivity index (χ1) is 11.4. The standard InChI is InChI=1S/C19H25N3OS/c1-19(2,3)15-6-4-14(5-7-15)17(23)21-16-8-11-22(12-9-16)18-20-10-13-24-18/h4-7,10,13,16H,8-9,11-12H2,1-3H3,(H,21,23). The van der Waals surface area contributed by atoms with Gasteiger partial charge in [0, 0.05) is 36.3 Å². The first-order valence-corrected chi connectivity index (χ1v) is 9.37. The Morgan fingerprint density at radius 1 is 1.21 bits per heavy atom. The fraction of sp³-hybridized carbons (Fsp3) is 0.474. The van der Waals surface area contributed by atoms with E-state index in [9.17, 15) is 4.79 Å². The minimum absolute atomic E-state index is 0.0307. The fourth-order valence-electron chi connectivity index (χ4n) is 2.98. The van der Waals surface area contributed by atoms with Crippen LogP contribution in [0.5, 0.6) is 0 Å². The Hall–Kier alpha value is -1.88. The molecule has 1 aromatic heterocycles. The average Bonchev–Trinajstić information content (AvgIpc) is 3.09. The largest absolute Gasteiger partial charge is 0.349 e. The van der Waals surface area contributed by atoms with Gasteiger partial charge >= 0.3 is 0 Å². The lowest BCUT2D eigenvalue weighted by Gasteiger charge is -2.32. The van der Waals surface area contributed by atoms with Crippen LogP contribution in [0.2, 0.25) is 0 Å². The molecule has 3 rings (SSSR count). The van der Waals surface area contributed by atoms with E-state index in [1.807, 2.05) is 23.7 Å². The summed E-state index contributed by atoms with van der Waals surface area (Å²) in [5.41, 5.74) is 2.10. The summed E-state index contributed by atoms with van der Waals surface area (Å²) in [7, 11) is 0. The number of thiazole rings is 1. The maximum atomic E-state index is 12.4. The van der Waals surface area contributed by atoms with Gasteiger partial charge in [-0.3, -0.25) is 4.79 Å². The molecule has 1 aliphatic heterocycles. The molecule has 1 saturated heterocycles. The van der Waals surface area contributed by atoms with Crippen LogP contribution in [0.25, 0.3) is 0 Å². The molecule has 128 valence electrons. The summed E-state index contributed by atoms with van der Waals surface area (Å²) < 4.78 is 0. The molecule has 5 heteroatoms. The van der Waals surface area contributed by atoms with E-state index in [2.05, 4.69) is 48.1 Å². The van der Waals surface area contributed by atoms with Crippen molar-refractivity contribution in [1.82, 2.24) is 10.3 Å². The Labute approximate surface area is 147 Å². The van der Waals surface area contributed by atoms with Gasteiger partial charge in [-0.1, -0.05) is 32.9 Å². The average molecular weight is 343 g/mol. The van der Waals surface area contributed by atoms with Gasteiger partial charge < -0.3 is 10.2 Å². The molecule has 1 aromatic carbocycles. The van der Waals surface area contributed by atoms with Crippen LogP contribution in [-0.4, -0.2) is 30.0 Å². The number of hydrogen-bond donors (Lipinski definition) is 1. The number of anilines is 1. The Morgan fingerprint density at radius 2 is 1.88 bits per heavy atom. The van der Waals surface area contributed by atoms with Crippen molar-refractivity contribution in [3.8, 4) is 0 Å². The van der Waals surface area contributed by atoms with Crippen LogP contribution >= 0.6 is 11.3 Å². The lowest BCUT2D eigenvalue weighted by atomic mass is 9.86. The van der Waals surface area contributed by atoms with E-state index in [1.54, 1.807) is 11.3 Å². The number of nitrogens with zero attached hydrogens (tertiary/aromatic N) is 2. The van der Waals surface area contributed by atoms with Gasteiger partial charge in [-0.05, 0) is 36.0 Å². The molecule has 2 heterocycles. The van der Waals surface area contributed by atoms with Crippen LogP contribution in [0, 0.1) is 0 Å². The number of amides is 1. The Kier molecular flexibility index (Phi) is 4.90. The summed E-state index contributed by atoms with van der Waals surface area (Å²) in [5, 5.41) is 6.26. The molecule has 0 aliphatic carbocycles. The van der Waals surface area contributed by atoms with Crippen molar-refractivity contribution < 1.29 is 4.79 Å². The zero-order valence-electron chi connectivity index (χ0n) is 14.6. The third-order valence-corrected chi connectivity index (χ3v) is 5.37. The van der Waals surface area contributed by atoms with E-state index < -0.39 is 0 Å². The minimum Gasteiger partial charge on any atom is -0.349 e. The van der Waals surface area contributed by atoms with E-state index in [0.717, 1.165) is 36.6 Å². The summed E-state index contributed by atoms with van der Waals surface area (Å²) in [6.07, 6.45) is 3.77. The predicted octanol–water partition coefficient (Wildman–Crippen LogP) is 3.84. The maximum Gasteiger partial charge on any atom is 0.251 e. The minimum atomic E-state index is 0.0307. The van der Waals surface area contributed by atoms with Crippen molar-refractivity contribution in [2.45, 2.75) is 45.1 Å². The van der Waals surface area contributed by atoms with Gasteiger partial charge in [0.2, 0.25) is 0 Å². The highest BCUT2D eigenvalue weighted by atomic mass is 32.1. The molecular weight excluding hydrogens is 318 g/mol. The molecule has 0 saturated carbocycles. The quantitative estimate of drug-likeness (QED) is 0.921. The molecule has 1 amide bonds.